The number of Topliss-reactive ketones (excluding diaryl/α,β-unsaturated/α-hetero) is 1. The van der Waals surface area contributed by atoms with Crippen LogP contribution < -0.4 is 10.1 Å². The quantitative estimate of drug-likeness (QED) is 0.240. The molecule has 0 saturated carbocycles. The van der Waals surface area contributed by atoms with Crippen molar-refractivity contribution in [3.05, 3.63) is 93.4 Å². The number of carbonyl (C=O) groups is 2. The number of hydrogen-bond acceptors (Lipinski definition) is 8. The lowest BCUT2D eigenvalue weighted by Crippen LogP contribution is -2.41. The number of ketones is 1. The molecular weight excluding hydrogens is 432 g/mol. The Balaban J connectivity index is 1.59. The highest BCUT2D eigenvalue weighted by molar-refractivity contribution is 5.94. The Morgan fingerprint density at radius 1 is 1.09 bits per heavy atom. The predicted octanol–water partition coefficient (Wildman–Crippen LogP) is 2.79. The van der Waals surface area contributed by atoms with Crippen LogP contribution in [0.15, 0.2) is 65.1 Å². The van der Waals surface area contributed by atoms with Gasteiger partial charge in [-0.3, -0.25) is 19.7 Å². The molecular formula is C23H22N2O8. The zero-order valence-electron chi connectivity index (χ0n) is 17.6. The predicted molar refractivity (Wildman–Crippen MR) is 116 cm³/mol. The van der Waals surface area contributed by atoms with Crippen LogP contribution in [0.1, 0.15) is 45.3 Å². The Kier molecular flexibility index (Phi) is 7.54. The molecule has 1 aromatic heterocycles. The molecule has 3 N–H and O–H groups in total. The first kappa shape index (κ1) is 23.6. The third-order valence-corrected chi connectivity index (χ3v) is 4.87. The number of nitrogens with zero attached hydrogens (tertiary/aromatic N) is 1. The highest BCUT2D eigenvalue weighted by Gasteiger charge is 2.24. The van der Waals surface area contributed by atoms with Crippen LogP contribution in [0.5, 0.6) is 5.75 Å². The van der Waals surface area contributed by atoms with Crippen LogP contribution in [0.3, 0.4) is 0 Å². The molecule has 10 nitrogen and oxygen atoms in total. The molecule has 33 heavy (non-hydrogen) atoms. The number of furan rings is 1. The third kappa shape index (κ3) is 6.03. The lowest BCUT2D eigenvalue weighted by Gasteiger charge is -2.22. The minimum Gasteiger partial charge on any atom is -0.486 e. The molecule has 2 aromatic carbocycles. The van der Waals surface area contributed by atoms with Gasteiger partial charge in [-0.25, -0.2) is 0 Å². The van der Waals surface area contributed by atoms with Gasteiger partial charge in [0.15, 0.2) is 11.5 Å². The average molecular weight is 454 g/mol. The van der Waals surface area contributed by atoms with Crippen molar-refractivity contribution in [2.24, 2.45) is 0 Å². The highest BCUT2D eigenvalue weighted by Crippen LogP contribution is 2.21. The molecule has 3 rings (SSSR count). The van der Waals surface area contributed by atoms with Crippen LogP contribution in [-0.4, -0.2) is 39.5 Å². The molecule has 0 spiro atoms. The molecule has 0 saturated heterocycles. The molecule has 2 atom stereocenters. The summed E-state index contributed by atoms with van der Waals surface area (Å²) in [6, 6.07) is 13.7. The van der Waals surface area contributed by atoms with Gasteiger partial charge in [0.1, 0.15) is 24.2 Å². The summed E-state index contributed by atoms with van der Waals surface area (Å²) in [6.07, 6.45) is -1.30. The van der Waals surface area contributed by atoms with E-state index in [0.717, 1.165) is 0 Å². The first-order chi connectivity index (χ1) is 15.8. The van der Waals surface area contributed by atoms with Gasteiger partial charge in [0.05, 0.1) is 17.6 Å². The van der Waals surface area contributed by atoms with Crippen LogP contribution >= 0.6 is 0 Å². The first-order valence-corrected chi connectivity index (χ1v) is 9.95. The molecule has 2 unspecified atom stereocenters. The van der Waals surface area contributed by atoms with Gasteiger partial charge in [-0.2, -0.15) is 0 Å². The first-order valence-electron chi connectivity index (χ1n) is 9.95. The van der Waals surface area contributed by atoms with Gasteiger partial charge in [0.25, 0.3) is 11.6 Å². The molecule has 0 bridgehead atoms. The lowest BCUT2D eigenvalue weighted by molar-refractivity contribution is -0.384. The van der Waals surface area contributed by atoms with Crippen LogP contribution in [-0.2, 0) is 6.61 Å². The highest BCUT2D eigenvalue weighted by atomic mass is 16.6. The average Bonchev–Trinajstić information content (AvgIpc) is 3.30. The van der Waals surface area contributed by atoms with Crippen LogP contribution in [0.25, 0.3) is 0 Å². The van der Waals surface area contributed by atoms with Crippen LogP contribution in [0, 0.1) is 10.1 Å². The number of rotatable bonds is 10. The van der Waals surface area contributed by atoms with E-state index in [1.54, 1.807) is 30.3 Å². The zero-order chi connectivity index (χ0) is 24.0. The van der Waals surface area contributed by atoms with Crippen molar-refractivity contribution < 1.29 is 33.9 Å². The molecule has 0 fully saturated rings. The minimum absolute atomic E-state index is 0.0432. The van der Waals surface area contributed by atoms with Gasteiger partial charge in [0.2, 0.25) is 0 Å². The molecule has 0 aliphatic heterocycles. The normalized spacial score (nSPS) is 12.6. The van der Waals surface area contributed by atoms with E-state index in [1.807, 2.05) is 0 Å². The van der Waals surface area contributed by atoms with E-state index in [-0.39, 0.29) is 23.8 Å². The van der Waals surface area contributed by atoms with Gasteiger partial charge in [-0.05, 0) is 61.0 Å². The number of amides is 1. The summed E-state index contributed by atoms with van der Waals surface area (Å²) in [7, 11) is 0. The summed E-state index contributed by atoms with van der Waals surface area (Å²) >= 11 is 0. The van der Waals surface area contributed by atoms with E-state index in [2.05, 4.69) is 5.32 Å². The summed E-state index contributed by atoms with van der Waals surface area (Å²) < 4.78 is 11.1. The number of nitro groups is 1. The van der Waals surface area contributed by atoms with Gasteiger partial charge < -0.3 is 24.7 Å². The molecule has 3 aromatic rings. The fraction of sp³-hybridized carbons (Fsp3) is 0.217. The number of aliphatic hydroxyl groups excluding tert-OH is 2. The number of non-ortho nitro benzene ring substituents is 1. The van der Waals surface area contributed by atoms with Crippen LogP contribution in [0.2, 0.25) is 0 Å². The van der Waals surface area contributed by atoms with Crippen molar-refractivity contribution >= 4 is 17.4 Å². The van der Waals surface area contributed by atoms with E-state index < -0.39 is 29.6 Å². The molecule has 10 heteroatoms. The van der Waals surface area contributed by atoms with Crippen molar-refractivity contribution in [2.45, 2.75) is 25.7 Å². The summed E-state index contributed by atoms with van der Waals surface area (Å²) in [5, 5.41) is 33.3. The maximum atomic E-state index is 12.5. The maximum absolute atomic E-state index is 12.5. The van der Waals surface area contributed by atoms with Crippen molar-refractivity contribution in [1.29, 1.82) is 0 Å². The third-order valence-electron chi connectivity index (χ3n) is 4.87. The molecule has 1 amide bonds. The van der Waals surface area contributed by atoms with Gasteiger partial charge in [-0.1, -0.05) is 0 Å². The standard InChI is InChI=1S/C23H22N2O8/c1-14(27)15-4-8-18(9-5-15)32-13-19-10-11-21(33-19)23(29)24-20(12-26)22(28)16-2-6-17(7-3-16)25(30)31/h2-11,20,22,26,28H,12-13H2,1H3,(H,24,29). The molecule has 0 aliphatic rings. The number of carbonyl (C=O) groups excluding carboxylic acids is 2. The second-order valence-corrected chi connectivity index (χ2v) is 7.19. The van der Waals surface area contributed by atoms with Crippen molar-refractivity contribution in [2.75, 3.05) is 6.61 Å². The van der Waals surface area contributed by atoms with Gasteiger partial charge >= 0.3 is 0 Å². The molecule has 1 heterocycles. The molecule has 172 valence electrons. The number of ether oxygens (including phenoxy) is 1. The van der Waals surface area contributed by atoms with Crippen molar-refractivity contribution in [3.8, 4) is 5.75 Å². The number of hydrogen-bond donors (Lipinski definition) is 3. The SMILES string of the molecule is CC(=O)c1ccc(OCc2ccc(C(=O)NC(CO)C(O)c3ccc([N+](=O)[O-])cc3)o2)cc1. The summed E-state index contributed by atoms with van der Waals surface area (Å²) in [4.78, 5) is 34.0. The number of nitro benzene ring substituents is 1. The topological polar surface area (TPSA) is 152 Å². The van der Waals surface area contributed by atoms with Crippen molar-refractivity contribution in [3.63, 3.8) is 0 Å². The lowest BCUT2D eigenvalue weighted by atomic mass is 10.0. The van der Waals surface area contributed by atoms with E-state index in [4.69, 9.17) is 9.15 Å². The van der Waals surface area contributed by atoms with E-state index in [0.29, 0.717) is 22.6 Å². The zero-order valence-corrected chi connectivity index (χ0v) is 17.6. The van der Waals surface area contributed by atoms with Gasteiger partial charge in [0, 0.05) is 17.7 Å². The molecule has 0 radical (unpaired) electrons. The Hall–Kier alpha value is -4.02. The minimum atomic E-state index is -1.30. The Morgan fingerprint density at radius 3 is 2.33 bits per heavy atom. The number of aliphatic hydroxyl groups is 2. The largest absolute Gasteiger partial charge is 0.486 e. The molecule has 0 aliphatic carbocycles. The smallest absolute Gasteiger partial charge is 0.287 e. The van der Waals surface area contributed by atoms with Crippen molar-refractivity contribution in [1.82, 2.24) is 5.32 Å². The maximum Gasteiger partial charge on any atom is 0.287 e. The summed E-state index contributed by atoms with van der Waals surface area (Å²) in [5.41, 5.74) is 0.716. The van der Waals surface area contributed by atoms with E-state index >= 15 is 0 Å². The van der Waals surface area contributed by atoms with Gasteiger partial charge in [-0.15, -0.1) is 0 Å². The van der Waals surface area contributed by atoms with E-state index in [9.17, 15) is 29.9 Å². The second kappa shape index (κ2) is 10.5. The number of benzene rings is 2. The second-order valence-electron chi connectivity index (χ2n) is 7.19. The monoisotopic (exact) mass is 454 g/mol. The Bertz CT molecular complexity index is 1120. The summed E-state index contributed by atoms with van der Waals surface area (Å²) in [5.74, 6) is 0.131. The van der Waals surface area contributed by atoms with E-state index in [1.165, 1.54) is 37.3 Å². The van der Waals surface area contributed by atoms with Crippen LogP contribution in [0.4, 0.5) is 5.69 Å². The fourth-order valence-electron chi connectivity index (χ4n) is 3.01. The number of nitrogens with one attached hydrogen (secondary N) is 1. The summed E-state index contributed by atoms with van der Waals surface area (Å²) in [6.45, 7) is 0.940. The Labute approximate surface area is 188 Å². The fourth-order valence-corrected chi connectivity index (χ4v) is 3.01. The Morgan fingerprint density at radius 2 is 1.76 bits per heavy atom.